The molecule has 8 heteroatoms. The number of hydrogen-bond donors (Lipinski definition) is 0. The Hall–Kier alpha value is -1.89. The Morgan fingerprint density at radius 1 is 1.40 bits per heavy atom. The van der Waals surface area contributed by atoms with Crippen molar-refractivity contribution in [2.45, 2.75) is 51.7 Å². The molecule has 3 rings (SSSR count). The molecule has 1 aromatic heterocycles. The molecule has 2 aliphatic rings. The highest BCUT2D eigenvalue weighted by molar-refractivity contribution is 6.28. The maximum Gasteiger partial charge on any atom is 0.410 e. The number of hydrogen-bond acceptors (Lipinski definition) is 6. The summed E-state index contributed by atoms with van der Waals surface area (Å²) < 4.78 is 5.48. The van der Waals surface area contributed by atoms with Crippen LogP contribution in [0, 0.1) is 0 Å². The van der Waals surface area contributed by atoms with E-state index in [1.54, 1.807) is 11.1 Å². The molecular weight excluding hydrogens is 344 g/mol. The minimum atomic E-state index is -0.792. The highest BCUT2D eigenvalue weighted by Crippen LogP contribution is 2.38. The first-order valence-electron chi connectivity index (χ1n) is 8.46. The smallest absolute Gasteiger partial charge is 0.410 e. The SMILES string of the molecule is CCC12CN(C(=O)OC(C)(C)C)CCN1c1nc(Cl)ncc1CC2=O. The van der Waals surface area contributed by atoms with Gasteiger partial charge in [-0.2, -0.15) is 0 Å². The van der Waals surface area contributed by atoms with Crippen LogP contribution in [0.5, 0.6) is 0 Å². The minimum absolute atomic E-state index is 0.0710. The van der Waals surface area contributed by atoms with Gasteiger partial charge in [-0.25, -0.2) is 14.8 Å². The van der Waals surface area contributed by atoms with Gasteiger partial charge in [0.05, 0.1) is 6.54 Å². The van der Waals surface area contributed by atoms with E-state index in [0.717, 1.165) is 5.56 Å². The van der Waals surface area contributed by atoms with Crippen molar-refractivity contribution >= 4 is 29.3 Å². The first kappa shape index (κ1) is 17.9. The number of ketones is 1. The quantitative estimate of drug-likeness (QED) is 0.711. The Labute approximate surface area is 152 Å². The van der Waals surface area contributed by atoms with Gasteiger partial charge in [-0.05, 0) is 38.8 Å². The van der Waals surface area contributed by atoms with Crippen LogP contribution in [-0.4, -0.2) is 57.5 Å². The molecule has 1 saturated heterocycles. The second kappa shape index (κ2) is 6.12. The molecule has 1 fully saturated rings. The molecule has 1 amide bonds. The summed E-state index contributed by atoms with van der Waals surface area (Å²) in [5.74, 6) is 0.770. The molecule has 0 bridgehead atoms. The third-order valence-electron chi connectivity index (χ3n) is 4.74. The molecule has 7 nitrogen and oxygen atoms in total. The van der Waals surface area contributed by atoms with Crippen LogP contribution in [0.3, 0.4) is 0 Å². The predicted octanol–water partition coefficient (Wildman–Crippen LogP) is 2.46. The lowest BCUT2D eigenvalue weighted by Gasteiger charge is -2.52. The zero-order valence-electron chi connectivity index (χ0n) is 15.0. The van der Waals surface area contributed by atoms with E-state index in [0.29, 0.717) is 25.3 Å². The highest BCUT2D eigenvalue weighted by atomic mass is 35.5. The van der Waals surface area contributed by atoms with E-state index in [9.17, 15) is 9.59 Å². The van der Waals surface area contributed by atoms with E-state index < -0.39 is 11.1 Å². The molecule has 0 spiro atoms. The zero-order valence-corrected chi connectivity index (χ0v) is 15.8. The van der Waals surface area contributed by atoms with E-state index in [-0.39, 0.29) is 30.1 Å². The fourth-order valence-electron chi connectivity index (χ4n) is 3.52. The van der Waals surface area contributed by atoms with Gasteiger partial charge in [0.2, 0.25) is 5.28 Å². The lowest BCUT2D eigenvalue weighted by molar-refractivity contribution is -0.125. The van der Waals surface area contributed by atoms with E-state index in [1.807, 2.05) is 32.6 Å². The summed E-state index contributed by atoms with van der Waals surface area (Å²) in [5.41, 5.74) is -0.582. The van der Waals surface area contributed by atoms with Crippen LogP contribution in [-0.2, 0) is 16.0 Å². The Morgan fingerprint density at radius 3 is 2.76 bits per heavy atom. The summed E-state index contributed by atoms with van der Waals surface area (Å²) in [4.78, 5) is 37.4. The van der Waals surface area contributed by atoms with Crippen LogP contribution in [0.25, 0.3) is 0 Å². The van der Waals surface area contributed by atoms with Crippen LogP contribution in [0.1, 0.15) is 39.7 Å². The zero-order chi connectivity index (χ0) is 18.4. The molecular formula is C17H23ClN4O3. The van der Waals surface area contributed by atoms with Crippen molar-refractivity contribution in [3.8, 4) is 0 Å². The number of rotatable bonds is 1. The van der Waals surface area contributed by atoms with Gasteiger partial charge in [0.15, 0.2) is 5.78 Å². The minimum Gasteiger partial charge on any atom is -0.444 e. The van der Waals surface area contributed by atoms with Crippen molar-refractivity contribution in [2.75, 3.05) is 24.5 Å². The second-order valence-electron chi connectivity index (χ2n) is 7.53. The second-order valence-corrected chi connectivity index (χ2v) is 7.86. The average molecular weight is 367 g/mol. The number of fused-ring (bicyclic) bond motifs is 3. The first-order chi connectivity index (χ1) is 11.7. The molecule has 2 aliphatic heterocycles. The summed E-state index contributed by atoms with van der Waals surface area (Å²) >= 11 is 5.97. The predicted molar refractivity (Wildman–Crippen MR) is 93.9 cm³/mol. The Kier molecular flexibility index (Phi) is 4.39. The molecule has 0 aromatic carbocycles. The number of amides is 1. The summed E-state index contributed by atoms with van der Waals surface area (Å²) in [6.45, 7) is 8.70. The van der Waals surface area contributed by atoms with E-state index in [4.69, 9.17) is 16.3 Å². The number of carbonyl (C=O) groups excluding carboxylic acids is 2. The monoisotopic (exact) mass is 366 g/mol. The normalized spacial score (nSPS) is 23.2. The van der Waals surface area contributed by atoms with Crippen LogP contribution in [0.4, 0.5) is 10.6 Å². The molecule has 1 unspecified atom stereocenters. The van der Waals surface area contributed by atoms with Gasteiger partial charge in [0.1, 0.15) is 17.0 Å². The van der Waals surface area contributed by atoms with Crippen LogP contribution >= 0.6 is 11.6 Å². The molecule has 0 aliphatic carbocycles. The number of anilines is 1. The summed E-state index contributed by atoms with van der Waals surface area (Å²) in [6, 6.07) is 0. The molecule has 1 aromatic rings. The van der Waals surface area contributed by atoms with Crippen molar-refractivity contribution in [2.24, 2.45) is 0 Å². The van der Waals surface area contributed by atoms with E-state index in [2.05, 4.69) is 9.97 Å². The van der Waals surface area contributed by atoms with E-state index in [1.165, 1.54) is 0 Å². The van der Waals surface area contributed by atoms with Gasteiger partial charge < -0.3 is 14.5 Å². The number of Topliss-reactive ketones (excluding diaryl/α,β-unsaturated/α-hetero) is 1. The Morgan fingerprint density at radius 2 is 2.12 bits per heavy atom. The Balaban J connectivity index is 1.93. The van der Waals surface area contributed by atoms with Crippen molar-refractivity contribution < 1.29 is 14.3 Å². The molecule has 0 N–H and O–H groups in total. The van der Waals surface area contributed by atoms with Crippen LogP contribution < -0.4 is 4.90 Å². The van der Waals surface area contributed by atoms with Crippen LogP contribution in [0.15, 0.2) is 6.20 Å². The standard InChI is InChI=1S/C17H23ClN4O3/c1-5-17-10-21(15(24)25-16(2,3)4)6-7-22(17)13-11(8-12(17)23)9-19-14(18)20-13/h9H,5-8,10H2,1-4H3. The summed E-state index contributed by atoms with van der Waals surface area (Å²) in [7, 11) is 0. The molecule has 136 valence electrons. The maximum atomic E-state index is 13.0. The fraction of sp³-hybridized carbons (Fsp3) is 0.647. The van der Waals surface area contributed by atoms with Crippen molar-refractivity contribution in [1.29, 1.82) is 0 Å². The van der Waals surface area contributed by atoms with Gasteiger partial charge >= 0.3 is 6.09 Å². The third kappa shape index (κ3) is 3.17. The number of ether oxygens (including phenoxy) is 1. The number of carbonyl (C=O) groups is 2. The number of nitrogens with zero attached hydrogens (tertiary/aromatic N) is 4. The molecule has 0 saturated carbocycles. The number of halogens is 1. The van der Waals surface area contributed by atoms with Gasteiger partial charge in [0, 0.05) is 31.3 Å². The molecule has 0 radical (unpaired) electrons. The van der Waals surface area contributed by atoms with Gasteiger partial charge in [-0.1, -0.05) is 6.92 Å². The summed E-state index contributed by atoms with van der Waals surface area (Å²) in [5, 5.41) is 0.160. The molecule has 3 heterocycles. The topological polar surface area (TPSA) is 75.6 Å². The van der Waals surface area contributed by atoms with Crippen LogP contribution in [0.2, 0.25) is 5.28 Å². The summed E-state index contributed by atoms with van der Waals surface area (Å²) in [6.07, 6.45) is 2.05. The average Bonchev–Trinajstić information content (AvgIpc) is 2.53. The van der Waals surface area contributed by atoms with Gasteiger partial charge in [-0.15, -0.1) is 0 Å². The molecule has 1 atom stereocenters. The highest BCUT2D eigenvalue weighted by Gasteiger charge is 2.51. The van der Waals surface area contributed by atoms with Crippen molar-refractivity contribution in [3.63, 3.8) is 0 Å². The maximum absolute atomic E-state index is 13.0. The number of aromatic nitrogens is 2. The van der Waals surface area contributed by atoms with Gasteiger partial charge in [-0.3, -0.25) is 4.79 Å². The largest absolute Gasteiger partial charge is 0.444 e. The van der Waals surface area contributed by atoms with Crippen molar-refractivity contribution in [3.05, 3.63) is 17.0 Å². The van der Waals surface area contributed by atoms with Crippen molar-refractivity contribution in [1.82, 2.24) is 14.9 Å². The fourth-order valence-corrected chi connectivity index (χ4v) is 3.65. The lowest BCUT2D eigenvalue weighted by atomic mass is 9.80. The third-order valence-corrected chi connectivity index (χ3v) is 4.92. The van der Waals surface area contributed by atoms with Gasteiger partial charge in [0.25, 0.3) is 0 Å². The lowest BCUT2D eigenvalue weighted by Crippen LogP contribution is -2.69. The first-order valence-corrected chi connectivity index (χ1v) is 8.84. The Bertz CT molecular complexity index is 718. The molecule has 25 heavy (non-hydrogen) atoms. The number of piperazine rings is 1. The van der Waals surface area contributed by atoms with E-state index >= 15 is 0 Å².